The second-order valence-electron chi connectivity index (χ2n) is 5.12. The molecule has 0 amide bonds. The number of nitrogens with zero attached hydrogens (tertiary/aromatic N) is 3. The molecule has 0 bridgehead atoms. The second-order valence-corrected chi connectivity index (χ2v) is 5.12. The summed E-state index contributed by atoms with van der Waals surface area (Å²) in [6, 6.07) is 12.8. The van der Waals surface area contributed by atoms with Crippen molar-refractivity contribution in [2.75, 3.05) is 0 Å². The van der Waals surface area contributed by atoms with Crippen LogP contribution >= 0.6 is 0 Å². The Bertz CT molecular complexity index is 738. The summed E-state index contributed by atoms with van der Waals surface area (Å²) in [6.07, 6.45) is 2.58. The number of hydrogen-bond donors (Lipinski definition) is 1. The zero-order valence-electron chi connectivity index (χ0n) is 11.8. The highest BCUT2D eigenvalue weighted by molar-refractivity contribution is 5.36. The molecule has 0 radical (unpaired) electrons. The van der Waals surface area contributed by atoms with Crippen LogP contribution in [-0.2, 0) is 13.0 Å². The summed E-state index contributed by atoms with van der Waals surface area (Å²) in [5, 5.41) is 11.6. The van der Waals surface area contributed by atoms with Crippen molar-refractivity contribution in [2.45, 2.75) is 25.9 Å². The van der Waals surface area contributed by atoms with Crippen LogP contribution in [0.25, 0.3) is 5.65 Å². The molecule has 1 atom stereocenters. The molecule has 3 aromatic rings. The minimum Gasteiger partial charge on any atom is -0.307 e. The number of halogens is 1. The summed E-state index contributed by atoms with van der Waals surface area (Å²) >= 11 is 0. The molecule has 2 aromatic heterocycles. The van der Waals surface area contributed by atoms with Crippen molar-refractivity contribution in [3.63, 3.8) is 0 Å². The third kappa shape index (κ3) is 3.08. The summed E-state index contributed by atoms with van der Waals surface area (Å²) in [7, 11) is 0. The average Bonchev–Trinajstić information content (AvgIpc) is 2.91. The van der Waals surface area contributed by atoms with Gasteiger partial charge in [-0.3, -0.25) is 4.40 Å². The Labute approximate surface area is 122 Å². The van der Waals surface area contributed by atoms with Gasteiger partial charge in [0.05, 0.1) is 6.54 Å². The Balaban J connectivity index is 1.63. The molecule has 5 heteroatoms. The number of aromatic nitrogens is 3. The van der Waals surface area contributed by atoms with Crippen molar-refractivity contribution in [1.29, 1.82) is 0 Å². The Hall–Kier alpha value is -2.27. The van der Waals surface area contributed by atoms with Crippen LogP contribution in [0.1, 0.15) is 18.3 Å². The van der Waals surface area contributed by atoms with Gasteiger partial charge in [-0.05, 0) is 37.1 Å². The molecule has 1 N–H and O–H groups in total. The first-order valence-corrected chi connectivity index (χ1v) is 6.99. The molecule has 0 saturated heterocycles. The predicted molar refractivity (Wildman–Crippen MR) is 79.4 cm³/mol. The SMILES string of the molecule is C[C@@H](Cc1ccccc1F)NCc1nnc2ccccn12. The molecule has 0 saturated carbocycles. The molecule has 2 heterocycles. The minimum absolute atomic E-state index is 0.151. The molecule has 4 nitrogen and oxygen atoms in total. The summed E-state index contributed by atoms with van der Waals surface area (Å²) in [4.78, 5) is 0. The lowest BCUT2D eigenvalue weighted by atomic mass is 10.1. The first-order chi connectivity index (χ1) is 10.2. The Morgan fingerprint density at radius 2 is 1.95 bits per heavy atom. The number of hydrogen-bond acceptors (Lipinski definition) is 3. The van der Waals surface area contributed by atoms with Crippen LogP contribution < -0.4 is 5.32 Å². The van der Waals surface area contributed by atoms with Crippen LogP contribution in [0, 0.1) is 5.82 Å². The molecule has 0 aliphatic carbocycles. The number of pyridine rings is 1. The van der Waals surface area contributed by atoms with Gasteiger partial charge in [0.2, 0.25) is 0 Å². The van der Waals surface area contributed by atoms with Gasteiger partial charge in [0.1, 0.15) is 5.82 Å². The summed E-state index contributed by atoms with van der Waals surface area (Å²) in [5.74, 6) is 0.699. The van der Waals surface area contributed by atoms with Crippen LogP contribution in [0.15, 0.2) is 48.7 Å². The van der Waals surface area contributed by atoms with Crippen molar-refractivity contribution in [2.24, 2.45) is 0 Å². The standard InChI is InChI=1S/C16H17FN4/c1-12(10-13-6-2-3-7-14(13)17)18-11-16-20-19-15-8-4-5-9-21(15)16/h2-9,12,18H,10-11H2,1H3/t12-/m0/s1. The summed E-state index contributed by atoms with van der Waals surface area (Å²) < 4.78 is 15.6. The van der Waals surface area contributed by atoms with E-state index in [1.54, 1.807) is 6.07 Å². The van der Waals surface area contributed by atoms with E-state index >= 15 is 0 Å². The van der Waals surface area contributed by atoms with E-state index in [9.17, 15) is 4.39 Å². The van der Waals surface area contributed by atoms with Gasteiger partial charge in [0.25, 0.3) is 0 Å². The Morgan fingerprint density at radius 3 is 2.81 bits per heavy atom. The van der Waals surface area contributed by atoms with Gasteiger partial charge in [-0.1, -0.05) is 24.3 Å². The van der Waals surface area contributed by atoms with Gasteiger partial charge in [0.15, 0.2) is 11.5 Å². The van der Waals surface area contributed by atoms with Gasteiger partial charge >= 0.3 is 0 Å². The van der Waals surface area contributed by atoms with Gasteiger partial charge in [-0.25, -0.2) is 4.39 Å². The van der Waals surface area contributed by atoms with E-state index in [1.165, 1.54) is 6.07 Å². The lowest BCUT2D eigenvalue weighted by molar-refractivity contribution is 0.515. The molecule has 0 aliphatic heterocycles. The van der Waals surface area contributed by atoms with Crippen molar-refractivity contribution in [3.8, 4) is 0 Å². The quantitative estimate of drug-likeness (QED) is 0.783. The van der Waals surface area contributed by atoms with Crippen LogP contribution in [0.4, 0.5) is 4.39 Å². The molecule has 3 rings (SSSR count). The molecular formula is C16H17FN4. The molecule has 1 aromatic carbocycles. The van der Waals surface area contributed by atoms with Gasteiger partial charge in [-0.2, -0.15) is 0 Å². The average molecular weight is 284 g/mol. The molecule has 108 valence electrons. The molecule has 0 spiro atoms. The fourth-order valence-electron chi connectivity index (χ4n) is 2.34. The van der Waals surface area contributed by atoms with Crippen LogP contribution in [0.3, 0.4) is 0 Å². The van der Waals surface area contributed by atoms with E-state index in [0.717, 1.165) is 17.0 Å². The highest BCUT2D eigenvalue weighted by Gasteiger charge is 2.09. The van der Waals surface area contributed by atoms with Gasteiger partial charge in [0, 0.05) is 12.2 Å². The van der Waals surface area contributed by atoms with E-state index in [1.807, 2.05) is 47.9 Å². The third-order valence-corrected chi connectivity index (χ3v) is 3.48. The van der Waals surface area contributed by atoms with Crippen LogP contribution in [-0.4, -0.2) is 20.6 Å². The number of nitrogens with one attached hydrogen (secondary N) is 1. The highest BCUT2D eigenvalue weighted by atomic mass is 19.1. The monoisotopic (exact) mass is 284 g/mol. The van der Waals surface area contributed by atoms with E-state index in [2.05, 4.69) is 15.5 Å². The molecule has 0 fully saturated rings. The zero-order chi connectivity index (χ0) is 14.7. The largest absolute Gasteiger partial charge is 0.307 e. The fraction of sp³-hybridized carbons (Fsp3) is 0.250. The number of fused-ring (bicyclic) bond motifs is 1. The summed E-state index contributed by atoms with van der Waals surface area (Å²) in [5.41, 5.74) is 1.56. The lowest BCUT2D eigenvalue weighted by Gasteiger charge is -2.13. The first-order valence-electron chi connectivity index (χ1n) is 6.99. The maximum atomic E-state index is 13.6. The molecule has 0 aliphatic rings. The van der Waals surface area contributed by atoms with Crippen molar-refractivity contribution in [3.05, 3.63) is 65.9 Å². The second kappa shape index (κ2) is 6.01. The van der Waals surface area contributed by atoms with Crippen LogP contribution in [0.2, 0.25) is 0 Å². The van der Waals surface area contributed by atoms with Crippen molar-refractivity contribution >= 4 is 5.65 Å². The predicted octanol–water partition coefficient (Wildman–Crippen LogP) is 2.59. The molecular weight excluding hydrogens is 267 g/mol. The summed E-state index contributed by atoms with van der Waals surface area (Å²) in [6.45, 7) is 2.64. The van der Waals surface area contributed by atoms with E-state index in [0.29, 0.717) is 13.0 Å². The maximum absolute atomic E-state index is 13.6. The Morgan fingerprint density at radius 1 is 1.14 bits per heavy atom. The van der Waals surface area contributed by atoms with Crippen LogP contribution in [0.5, 0.6) is 0 Å². The van der Waals surface area contributed by atoms with E-state index in [-0.39, 0.29) is 11.9 Å². The molecule has 0 unspecified atom stereocenters. The third-order valence-electron chi connectivity index (χ3n) is 3.48. The topological polar surface area (TPSA) is 42.2 Å². The van der Waals surface area contributed by atoms with Gasteiger partial charge in [-0.15, -0.1) is 10.2 Å². The maximum Gasteiger partial charge on any atom is 0.160 e. The molecule has 21 heavy (non-hydrogen) atoms. The smallest absolute Gasteiger partial charge is 0.160 e. The van der Waals surface area contributed by atoms with Crippen molar-refractivity contribution in [1.82, 2.24) is 19.9 Å². The fourth-order valence-corrected chi connectivity index (χ4v) is 2.34. The number of rotatable bonds is 5. The normalized spacial score (nSPS) is 12.7. The lowest BCUT2D eigenvalue weighted by Crippen LogP contribution is -2.28. The van der Waals surface area contributed by atoms with E-state index < -0.39 is 0 Å². The van der Waals surface area contributed by atoms with Gasteiger partial charge < -0.3 is 5.32 Å². The van der Waals surface area contributed by atoms with E-state index in [4.69, 9.17) is 0 Å². The minimum atomic E-state index is -0.154. The van der Waals surface area contributed by atoms with Crippen molar-refractivity contribution < 1.29 is 4.39 Å². The zero-order valence-corrected chi connectivity index (χ0v) is 11.8. The highest BCUT2D eigenvalue weighted by Crippen LogP contribution is 2.09. The Kier molecular flexibility index (Phi) is 3.92. The number of benzene rings is 1. The first kappa shape index (κ1) is 13.7.